The van der Waals surface area contributed by atoms with Crippen LogP contribution in [0.15, 0.2) is 12.2 Å². The van der Waals surface area contributed by atoms with Crippen LogP contribution in [0.5, 0.6) is 0 Å². The largest absolute Gasteiger partial charge is 0.460 e. The van der Waals surface area contributed by atoms with Crippen LogP contribution in [-0.2, 0) is 14.3 Å². The van der Waals surface area contributed by atoms with Crippen LogP contribution in [0.3, 0.4) is 0 Å². The van der Waals surface area contributed by atoms with Crippen molar-refractivity contribution in [2.45, 2.75) is 76.7 Å². The molecule has 2 unspecified atom stereocenters. The predicted molar refractivity (Wildman–Crippen MR) is 83.6 cm³/mol. The SMILES string of the molecule is CCC(C)(O)CC(C)/C=C\[C@H]1O[C@@H]2[C@@H](C(=O)O[C@@H]2C)[C@@H](O)[C@@H]1O. The standard InChI is InChI=1S/C17H28O6/c1-5-17(4,21)8-9(2)6-7-11-13(18)14(19)12-15(23-11)10(3)22-16(12)20/h6-7,9-15,18-19,21H,5,8H2,1-4H3/b7-6-/t9?,10-,11-,12+,13-,14-,15+,17?/m1/s1. The Balaban J connectivity index is 2.03. The number of allylic oxidation sites excluding steroid dienone is 1. The van der Waals surface area contributed by atoms with E-state index in [1.807, 2.05) is 19.9 Å². The van der Waals surface area contributed by atoms with E-state index >= 15 is 0 Å². The summed E-state index contributed by atoms with van der Waals surface area (Å²) in [5.74, 6) is -1.26. The van der Waals surface area contributed by atoms with Gasteiger partial charge in [0.25, 0.3) is 0 Å². The second-order valence-electron chi connectivity index (χ2n) is 7.13. The van der Waals surface area contributed by atoms with E-state index in [1.54, 1.807) is 19.9 Å². The van der Waals surface area contributed by atoms with Gasteiger partial charge in [-0.2, -0.15) is 0 Å². The Morgan fingerprint density at radius 2 is 2.00 bits per heavy atom. The summed E-state index contributed by atoms with van der Waals surface area (Å²) < 4.78 is 10.9. The second-order valence-corrected chi connectivity index (χ2v) is 7.13. The molecule has 0 saturated carbocycles. The zero-order valence-electron chi connectivity index (χ0n) is 14.2. The van der Waals surface area contributed by atoms with E-state index in [-0.39, 0.29) is 5.92 Å². The molecule has 2 saturated heterocycles. The molecule has 0 aromatic rings. The van der Waals surface area contributed by atoms with Crippen LogP contribution >= 0.6 is 0 Å². The lowest BCUT2D eigenvalue weighted by Crippen LogP contribution is -2.55. The van der Waals surface area contributed by atoms with Gasteiger partial charge in [0.05, 0.1) is 11.7 Å². The maximum absolute atomic E-state index is 11.7. The molecule has 132 valence electrons. The van der Waals surface area contributed by atoms with Gasteiger partial charge in [0.2, 0.25) is 0 Å². The Hall–Kier alpha value is -0.950. The average Bonchev–Trinajstić information content (AvgIpc) is 2.75. The molecule has 2 fully saturated rings. The van der Waals surface area contributed by atoms with Crippen LogP contribution in [0.1, 0.15) is 40.5 Å². The van der Waals surface area contributed by atoms with E-state index < -0.39 is 48.0 Å². The van der Waals surface area contributed by atoms with Crippen molar-refractivity contribution in [3.63, 3.8) is 0 Å². The zero-order valence-corrected chi connectivity index (χ0v) is 14.2. The van der Waals surface area contributed by atoms with Gasteiger partial charge in [0.15, 0.2) is 0 Å². The predicted octanol–water partition coefficient (Wildman–Crippen LogP) is 0.780. The topological polar surface area (TPSA) is 96.2 Å². The molecule has 6 nitrogen and oxygen atoms in total. The molecule has 0 aromatic heterocycles. The van der Waals surface area contributed by atoms with Gasteiger partial charge in [0, 0.05) is 0 Å². The lowest BCUT2D eigenvalue weighted by atomic mass is 9.85. The molecule has 0 bridgehead atoms. The van der Waals surface area contributed by atoms with Gasteiger partial charge in [-0.05, 0) is 32.6 Å². The molecular formula is C17H28O6. The number of ether oxygens (including phenoxy) is 2. The van der Waals surface area contributed by atoms with Crippen LogP contribution in [0.4, 0.5) is 0 Å². The first-order chi connectivity index (χ1) is 10.7. The van der Waals surface area contributed by atoms with Crippen molar-refractivity contribution in [1.82, 2.24) is 0 Å². The Kier molecular flexibility index (Phi) is 5.51. The van der Waals surface area contributed by atoms with Crippen molar-refractivity contribution in [3.8, 4) is 0 Å². The molecule has 0 radical (unpaired) electrons. The molecular weight excluding hydrogens is 300 g/mol. The van der Waals surface area contributed by atoms with Crippen molar-refractivity contribution in [3.05, 3.63) is 12.2 Å². The highest BCUT2D eigenvalue weighted by Gasteiger charge is 2.54. The van der Waals surface area contributed by atoms with Crippen molar-refractivity contribution >= 4 is 5.97 Å². The minimum absolute atomic E-state index is 0.0921. The first kappa shape index (κ1) is 18.4. The number of esters is 1. The molecule has 2 aliphatic rings. The number of rotatable bonds is 5. The van der Waals surface area contributed by atoms with Gasteiger partial charge < -0.3 is 24.8 Å². The molecule has 0 aromatic carbocycles. The van der Waals surface area contributed by atoms with Gasteiger partial charge in [-0.1, -0.05) is 26.0 Å². The third kappa shape index (κ3) is 3.94. The molecule has 0 aliphatic carbocycles. The third-order valence-corrected chi connectivity index (χ3v) is 4.91. The summed E-state index contributed by atoms with van der Waals surface area (Å²) in [6.07, 6.45) is 0.760. The summed E-state index contributed by atoms with van der Waals surface area (Å²) >= 11 is 0. The fourth-order valence-corrected chi connectivity index (χ4v) is 3.32. The van der Waals surface area contributed by atoms with Gasteiger partial charge in [-0.25, -0.2) is 0 Å². The maximum atomic E-state index is 11.7. The Labute approximate surface area is 137 Å². The molecule has 8 atom stereocenters. The summed E-state index contributed by atoms with van der Waals surface area (Å²) in [5.41, 5.74) is -0.735. The number of carbonyl (C=O) groups excluding carboxylic acids is 1. The van der Waals surface area contributed by atoms with Crippen LogP contribution < -0.4 is 0 Å². The number of fused-ring (bicyclic) bond motifs is 1. The number of cyclic esters (lactones) is 1. The first-order valence-electron chi connectivity index (χ1n) is 8.29. The van der Waals surface area contributed by atoms with Crippen LogP contribution in [0, 0.1) is 11.8 Å². The van der Waals surface area contributed by atoms with Crippen molar-refractivity contribution in [1.29, 1.82) is 0 Å². The summed E-state index contributed by atoms with van der Waals surface area (Å²) in [4.78, 5) is 11.7. The quantitative estimate of drug-likeness (QED) is 0.510. The molecule has 2 heterocycles. The number of aliphatic hydroxyl groups is 3. The van der Waals surface area contributed by atoms with Crippen LogP contribution in [0.25, 0.3) is 0 Å². The highest BCUT2D eigenvalue weighted by Crippen LogP contribution is 2.35. The van der Waals surface area contributed by atoms with E-state index in [0.29, 0.717) is 12.8 Å². The normalized spacial score (nSPS) is 41.4. The second kappa shape index (κ2) is 6.89. The summed E-state index contributed by atoms with van der Waals surface area (Å²) in [6.45, 7) is 7.41. The molecule has 6 heteroatoms. The van der Waals surface area contributed by atoms with E-state index in [0.717, 1.165) is 0 Å². The molecule has 3 N–H and O–H groups in total. The minimum atomic E-state index is -1.20. The monoisotopic (exact) mass is 328 g/mol. The van der Waals surface area contributed by atoms with Crippen molar-refractivity contribution in [2.75, 3.05) is 0 Å². The average molecular weight is 328 g/mol. The number of hydrogen-bond donors (Lipinski definition) is 3. The van der Waals surface area contributed by atoms with Crippen molar-refractivity contribution < 1.29 is 29.6 Å². The van der Waals surface area contributed by atoms with E-state index in [1.165, 1.54) is 0 Å². The van der Waals surface area contributed by atoms with Gasteiger partial charge in [-0.3, -0.25) is 4.79 Å². The van der Waals surface area contributed by atoms with Gasteiger partial charge >= 0.3 is 5.97 Å². The van der Waals surface area contributed by atoms with Crippen LogP contribution in [0.2, 0.25) is 0 Å². The highest BCUT2D eigenvalue weighted by atomic mass is 16.6. The van der Waals surface area contributed by atoms with Crippen molar-refractivity contribution in [2.24, 2.45) is 11.8 Å². The van der Waals surface area contributed by atoms with Gasteiger partial charge in [0.1, 0.15) is 30.3 Å². The summed E-state index contributed by atoms with van der Waals surface area (Å²) in [7, 11) is 0. The van der Waals surface area contributed by atoms with E-state index in [2.05, 4.69) is 0 Å². The number of hydrogen-bond acceptors (Lipinski definition) is 6. The summed E-state index contributed by atoms with van der Waals surface area (Å²) in [6, 6.07) is 0. The Bertz CT molecular complexity index is 460. The molecule has 0 spiro atoms. The highest BCUT2D eigenvalue weighted by molar-refractivity contribution is 5.76. The Morgan fingerprint density at radius 1 is 1.35 bits per heavy atom. The summed E-state index contributed by atoms with van der Waals surface area (Å²) in [5, 5.41) is 30.5. The lowest BCUT2D eigenvalue weighted by molar-refractivity contribution is -0.180. The molecule has 2 rings (SSSR count). The molecule has 2 aliphatic heterocycles. The minimum Gasteiger partial charge on any atom is -0.460 e. The molecule has 0 amide bonds. The Morgan fingerprint density at radius 3 is 2.61 bits per heavy atom. The zero-order chi connectivity index (χ0) is 17.4. The number of carbonyl (C=O) groups is 1. The van der Waals surface area contributed by atoms with E-state index in [4.69, 9.17) is 9.47 Å². The first-order valence-corrected chi connectivity index (χ1v) is 8.29. The smallest absolute Gasteiger partial charge is 0.314 e. The van der Waals surface area contributed by atoms with Crippen LogP contribution in [-0.4, -0.2) is 57.4 Å². The lowest BCUT2D eigenvalue weighted by Gasteiger charge is -2.37. The number of aliphatic hydroxyl groups excluding tert-OH is 2. The van der Waals surface area contributed by atoms with Gasteiger partial charge in [-0.15, -0.1) is 0 Å². The fourth-order valence-electron chi connectivity index (χ4n) is 3.32. The maximum Gasteiger partial charge on any atom is 0.314 e. The third-order valence-electron chi connectivity index (χ3n) is 4.91. The molecule has 23 heavy (non-hydrogen) atoms. The van der Waals surface area contributed by atoms with E-state index in [9.17, 15) is 20.1 Å². The fraction of sp³-hybridized carbons (Fsp3) is 0.824.